The summed E-state index contributed by atoms with van der Waals surface area (Å²) in [7, 11) is 0. The molecular formula is C9H11N5S2. The Morgan fingerprint density at radius 3 is 2.75 bits per heavy atom. The number of hydrogen-bond donors (Lipinski definition) is 1. The van der Waals surface area contributed by atoms with Crippen molar-refractivity contribution in [2.45, 2.75) is 29.9 Å². The number of aromatic nitrogens is 4. The minimum atomic E-state index is 0.423. The van der Waals surface area contributed by atoms with Gasteiger partial charge in [0, 0.05) is 12.2 Å². The van der Waals surface area contributed by atoms with Crippen LogP contribution in [0.15, 0.2) is 15.6 Å². The van der Waals surface area contributed by atoms with E-state index in [-0.39, 0.29) is 0 Å². The van der Waals surface area contributed by atoms with Crippen LogP contribution in [0, 0.1) is 13.8 Å². The Hall–Kier alpha value is -1.05. The number of aryl methyl sites for hydroxylation is 2. The highest BCUT2D eigenvalue weighted by molar-refractivity contribution is 8.00. The van der Waals surface area contributed by atoms with E-state index in [2.05, 4.69) is 20.2 Å². The molecule has 7 heteroatoms. The summed E-state index contributed by atoms with van der Waals surface area (Å²) in [6.07, 6.45) is 0. The van der Waals surface area contributed by atoms with Crippen LogP contribution in [0.1, 0.15) is 16.4 Å². The van der Waals surface area contributed by atoms with Gasteiger partial charge in [0.15, 0.2) is 9.50 Å². The van der Waals surface area contributed by atoms with E-state index in [1.165, 1.54) is 23.1 Å². The lowest BCUT2D eigenvalue weighted by atomic mass is 10.3. The highest BCUT2D eigenvalue weighted by Crippen LogP contribution is 2.27. The van der Waals surface area contributed by atoms with E-state index >= 15 is 0 Å². The molecule has 2 aromatic rings. The van der Waals surface area contributed by atoms with Crippen LogP contribution in [0.5, 0.6) is 0 Å². The standard InChI is InChI=1S/C9H11N5S2/c1-5-3-7(4-10)12-8(11-5)16-9-14-13-6(2)15-9/h3H,4,10H2,1-2H3. The molecule has 0 atom stereocenters. The van der Waals surface area contributed by atoms with Gasteiger partial charge in [0.25, 0.3) is 0 Å². The largest absolute Gasteiger partial charge is 0.325 e. The fourth-order valence-electron chi connectivity index (χ4n) is 1.15. The first-order chi connectivity index (χ1) is 7.67. The van der Waals surface area contributed by atoms with Gasteiger partial charge >= 0.3 is 0 Å². The molecule has 0 aliphatic carbocycles. The third kappa shape index (κ3) is 2.75. The summed E-state index contributed by atoms with van der Waals surface area (Å²) >= 11 is 2.95. The van der Waals surface area contributed by atoms with Crippen LogP contribution in [0.2, 0.25) is 0 Å². The van der Waals surface area contributed by atoms with Crippen molar-refractivity contribution < 1.29 is 0 Å². The van der Waals surface area contributed by atoms with Crippen LogP contribution in [0.3, 0.4) is 0 Å². The summed E-state index contributed by atoms with van der Waals surface area (Å²) in [5.41, 5.74) is 7.32. The normalized spacial score (nSPS) is 10.7. The lowest BCUT2D eigenvalue weighted by Crippen LogP contribution is -2.02. The maximum atomic E-state index is 5.56. The summed E-state index contributed by atoms with van der Waals surface area (Å²) in [6, 6.07) is 1.88. The molecule has 0 aliphatic heterocycles. The van der Waals surface area contributed by atoms with Gasteiger partial charge in [-0.3, -0.25) is 0 Å². The Labute approximate surface area is 102 Å². The van der Waals surface area contributed by atoms with E-state index in [1.807, 2.05) is 19.9 Å². The summed E-state index contributed by atoms with van der Waals surface area (Å²) in [4.78, 5) is 8.64. The van der Waals surface area contributed by atoms with E-state index in [0.717, 1.165) is 20.7 Å². The molecule has 0 saturated carbocycles. The smallest absolute Gasteiger partial charge is 0.195 e. The van der Waals surface area contributed by atoms with Crippen molar-refractivity contribution in [2.24, 2.45) is 5.73 Å². The fourth-order valence-corrected chi connectivity index (χ4v) is 2.91. The molecule has 0 radical (unpaired) electrons. The molecule has 0 unspecified atom stereocenters. The minimum Gasteiger partial charge on any atom is -0.325 e. The van der Waals surface area contributed by atoms with Gasteiger partial charge < -0.3 is 5.73 Å². The molecule has 0 amide bonds. The second kappa shape index (κ2) is 4.86. The zero-order chi connectivity index (χ0) is 11.5. The van der Waals surface area contributed by atoms with Crippen LogP contribution >= 0.6 is 23.1 Å². The summed E-state index contributed by atoms with van der Waals surface area (Å²) in [5, 5.41) is 9.58. The molecule has 0 bridgehead atoms. The van der Waals surface area contributed by atoms with Gasteiger partial charge in [-0.2, -0.15) is 0 Å². The zero-order valence-electron chi connectivity index (χ0n) is 8.97. The molecular weight excluding hydrogens is 242 g/mol. The summed E-state index contributed by atoms with van der Waals surface area (Å²) in [6.45, 7) is 4.27. The molecule has 0 spiro atoms. The van der Waals surface area contributed by atoms with Gasteiger partial charge in [0.05, 0.1) is 5.69 Å². The average molecular weight is 253 g/mol. The van der Waals surface area contributed by atoms with Gasteiger partial charge in [-0.05, 0) is 31.7 Å². The Bertz CT molecular complexity index is 496. The quantitative estimate of drug-likeness (QED) is 0.836. The molecule has 0 fully saturated rings. The summed E-state index contributed by atoms with van der Waals surface area (Å²) < 4.78 is 0.853. The monoisotopic (exact) mass is 253 g/mol. The van der Waals surface area contributed by atoms with E-state index in [1.54, 1.807) is 0 Å². The number of rotatable bonds is 3. The fraction of sp³-hybridized carbons (Fsp3) is 0.333. The van der Waals surface area contributed by atoms with E-state index < -0.39 is 0 Å². The van der Waals surface area contributed by atoms with Crippen LogP contribution < -0.4 is 5.73 Å². The second-order valence-electron chi connectivity index (χ2n) is 3.18. The lowest BCUT2D eigenvalue weighted by Gasteiger charge is -2.01. The number of hydrogen-bond acceptors (Lipinski definition) is 7. The molecule has 2 heterocycles. The number of nitrogens with two attached hydrogens (primary N) is 1. The average Bonchev–Trinajstić information content (AvgIpc) is 2.63. The van der Waals surface area contributed by atoms with E-state index in [0.29, 0.717) is 11.7 Å². The van der Waals surface area contributed by atoms with Crippen molar-refractivity contribution in [3.05, 3.63) is 22.5 Å². The molecule has 0 aromatic carbocycles. The van der Waals surface area contributed by atoms with Gasteiger partial charge in [0.2, 0.25) is 0 Å². The third-order valence-corrected chi connectivity index (χ3v) is 3.54. The van der Waals surface area contributed by atoms with Gasteiger partial charge in [-0.15, -0.1) is 10.2 Å². The van der Waals surface area contributed by atoms with Crippen molar-refractivity contribution in [1.82, 2.24) is 20.2 Å². The Balaban J connectivity index is 2.24. The van der Waals surface area contributed by atoms with Crippen molar-refractivity contribution in [1.29, 1.82) is 0 Å². The molecule has 84 valence electrons. The summed E-state index contributed by atoms with van der Waals surface area (Å²) in [5.74, 6) is 0. The Morgan fingerprint density at radius 1 is 1.31 bits per heavy atom. The lowest BCUT2D eigenvalue weighted by molar-refractivity contribution is 0.852. The van der Waals surface area contributed by atoms with E-state index in [4.69, 9.17) is 5.73 Å². The highest BCUT2D eigenvalue weighted by Gasteiger charge is 2.07. The van der Waals surface area contributed by atoms with Crippen LogP contribution in [-0.4, -0.2) is 20.2 Å². The van der Waals surface area contributed by atoms with Crippen LogP contribution in [0.4, 0.5) is 0 Å². The first-order valence-electron chi connectivity index (χ1n) is 4.70. The molecule has 0 saturated heterocycles. The molecule has 16 heavy (non-hydrogen) atoms. The zero-order valence-corrected chi connectivity index (χ0v) is 10.6. The van der Waals surface area contributed by atoms with Crippen molar-refractivity contribution in [3.8, 4) is 0 Å². The Kier molecular flexibility index (Phi) is 3.47. The maximum Gasteiger partial charge on any atom is 0.195 e. The highest BCUT2D eigenvalue weighted by atomic mass is 32.2. The second-order valence-corrected chi connectivity index (χ2v) is 5.57. The predicted octanol–water partition coefficient (Wildman–Crippen LogP) is 1.55. The first-order valence-corrected chi connectivity index (χ1v) is 6.33. The van der Waals surface area contributed by atoms with Crippen LogP contribution in [-0.2, 0) is 6.54 Å². The van der Waals surface area contributed by atoms with Crippen molar-refractivity contribution in [3.63, 3.8) is 0 Å². The molecule has 5 nitrogen and oxygen atoms in total. The third-order valence-electron chi connectivity index (χ3n) is 1.78. The van der Waals surface area contributed by atoms with Gasteiger partial charge in [-0.1, -0.05) is 11.3 Å². The molecule has 2 rings (SSSR count). The molecule has 0 aliphatic rings. The maximum absolute atomic E-state index is 5.56. The topological polar surface area (TPSA) is 77.6 Å². The van der Waals surface area contributed by atoms with Crippen molar-refractivity contribution >= 4 is 23.1 Å². The molecule has 2 N–H and O–H groups in total. The van der Waals surface area contributed by atoms with E-state index in [9.17, 15) is 0 Å². The van der Waals surface area contributed by atoms with Crippen LogP contribution in [0.25, 0.3) is 0 Å². The predicted molar refractivity (Wildman–Crippen MR) is 63.4 cm³/mol. The van der Waals surface area contributed by atoms with Crippen molar-refractivity contribution in [2.75, 3.05) is 0 Å². The first kappa shape index (κ1) is 11.4. The van der Waals surface area contributed by atoms with Gasteiger partial charge in [0.1, 0.15) is 5.01 Å². The number of nitrogens with zero attached hydrogens (tertiary/aromatic N) is 4. The molecule has 2 aromatic heterocycles. The SMILES string of the molecule is Cc1cc(CN)nc(Sc2nnc(C)s2)n1. The van der Waals surface area contributed by atoms with Gasteiger partial charge in [-0.25, -0.2) is 9.97 Å². The Morgan fingerprint density at radius 2 is 2.12 bits per heavy atom. The minimum absolute atomic E-state index is 0.423.